The van der Waals surface area contributed by atoms with Crippen molar-refractivity contribution in [2.45, 2.75) is 40.0 Å². The molecule has 4 nitrogen and oxygen atoms in total. The second-order valence-corrected chi connectivity index (χ2v) is 4.00. The van der Waals surface area contributed by atoms with Gasteiger partial charge in [-0.1, -0.05) is 33.6 Å². The van der Waals surface area contributed by atoms with Crippen LogP contribution in [0.5, 0.6) is 0 Å². The van der Waals surface area contributed by atoms with Crippen LogP contribution in [-0.4, -0.2) is 16.5 Å². The Morgan fingerprint density at radius 1 is 1.25 bits per heavy atom. The highest BCUT2D eigenvalue weighted by Gasteiger charge is 2.08. The van der Waals surface area contributed by atoms with Crippen LogP contribution in [0, 0.1) is 5.92 Å². The lowest BCUT2D eigenvalue weighted by Gasteiger charge is -2.16. The van der Waals surface area contributed by atoms with Gasteiger partial charge >= 0.3 is 0 Å². The van der Waals surface area contributed by atoms with Crippen molar-refractivity contribution in [2.75, 3.05) is 17.6 Å². The van der Waals surface area contributed by atoms with Crippen LogP contribution in [0.15, 0.2) is 6.33 Å². The minimum Gasteiger partial charge on any atom is -0.383 e. The van der Waals surface area contributed by atoms with Crippen molar-refractivity contribution < 1.29 is 0 Å². The van der Waals surface area contributed by atoms with Crippen LogP contribution in [0.2, 0.25) is 0 Å². The average Bonchev–Trinajstić information content (AvgIpc) is 2.30. The molecule has 0 saturated heterocycles. The fraction of sp³-hybridized carbons (Fsp3) is 0.667. The Morgan fingerprint density at radius 3 is 2.50 bits per heavy atom. The second-order valence-electron chi connectivity index (χ2n) is 4.00. The smallest absolute Gasteiger partial charge is 0.134 e. The van der Waals surface area contributed by atoms with Gasteiger partial charge in [-0.05, 0) is 12.3 Å². The molecule has 0 aliphatic carbocycles. The third-order valence-corrected chi connectivity index (χ3v) is 3.05. The quantitative estimate of drug-likeness (QED) is 0.776. The van der Waals surface area contributed by atoms with E-state index in [1.165, 1.54) is 19.2 Å². The Balaban J connectivity index is 2.69. The predicted molar refractivity (Wildman–Crippen MR) is 68.4 cm³/mol. The lowest BCUT2D eigenvalue weighted by molar-refractivity contribution is 0.518. The first kappa shape index (κ1) is 12.7. The molecule has 0 aliphatic heterocycles. The van der Waals surface area contributed by atoms with E-state index in [0.717, 1.165) is 24.3 Å². The molecule has 1 rings (SSSR count). The average molecular weight is 222 g/mol. The van der Waals surface area contributed by atoms with Crippen molar-refractivity contribution in [3.05, 3.63) is 11.9 Å². The summed E-state index contributed by atoms with van der Waals surface area (Å²) in [7, 11) is 0. The topological polar surface area (TPSA) is 63.8 Å². The summed E-state index contributed by atoms with van der Waals surface area (Å²) in [5, 5.41) is 3.38. The van der Waals surface area contributed by atoms with Crippen LogP contribution in [0.4, 0.5) is 11.6 Å². The number of hydrogen-bond acceptors (Lipinski definition) is 4. The summed E-state index contributed by atoms with van der Waals surface area (Å²) in [6, 6.07) is 0. The van der Waals surface area contributed by atoms with Crippen molar-refractivity contribution in [1.82, 2.24) is 9.97 Å². The van der Waals surface area contributed by atoms with Gasteiger partial charge in [0, 0.05) is 12.1 Å². The van der Waals surface area contributed by atoms with Crippen molar-refractivity contribution in [1.29, 1.82) is 0 Å². The highest BCUT2D eigenvalue weighted by molar-refractivity contribution is 5.54. The molecule has 0 bridgehead atoms. The monoisotopic (exact) mass is 222 g/mol. The normalized spacial score (nSPS) is 10.8. The van der Waals surface area contributed by atoms with E-state index in [2.05, 4.69) is 36.1 Å². The molecule has 0 saturated carbocycles. The lowest BCUT2D eigenvalue weighted by atomic mass is 10.0. The third-order valence-electron chi connectivity index (χ3n) is 3.05. The number of rotatable bonds is 6. The Bertz CT molecular complexity index is 321. The number of nitrogen functional groups attached to an aromatic ring is 1. The maximum Gasteiger partial charge on any atom is 0.134 e. The molecule has 0 aromatic carbocycles. The van der Waals surface area contributed by atoms with Gasteiger partial charge in [0.1, 0.15) is 18.0 Å². The molecule has 0 radical (unpaired) electrons. The molecule has 0 amide bonds. The third kappa shape index (κ3) is 3.08. The first-order valence-electron chi connectivity index (χ1n) is 6.06. The van der Waals surface area contributed by atoms with Gasteiger partial charge < -0.3 is 11.1 Å². The number of nitrogens with zero attached hydrogens (tertiary/aromatic N) is 2. The molecule has 1 heterocycles. The number of nitrogens with two attached hydrogens (primary N) is 1. The number of hydrogen-bond donors (Lipinski definition) is 2. The van der Waals surface area contributed by atoms with Gasteiger partial charge in [0.25, 0.3) is 0 Å². The molecule has 1 aromatic rings. The molecular weight excluding hydrogens is 200 g/mol. The van der Waals surface area contributed by atoms with Gasteiger partial charge in [-0.15, -0.1) is 0 Å². The van der Waals surface area contributed by atoms with E-state index < -0.39 is 0 Å². The molecule has 1 aromatic heterocycles. The molecule has 0 unspecified atom stereocenters. The number of anilines is 2. The molecular formula is C12H22N4. The SMILES string of the molecule is CCc1c(N)ncnc1NCC(CC)CC. The van der Waals surface area contributed by atoms with Crippen molar-refractivity contribution in [3.63, 3.8) is 0 Å². The molecule has 0 atom stereocenters. The van der Waals surface area contributed by atoms with Gasteiger partial charge in [0.05, 0.1) is 0 Å². The predicted octanol–water partition coefficient (Wildman–Crippen LogP) is 2.47. The zero-order valence-electron chi connectivity index (χ0n) is 10.5. The van der Waals surface area contributed by atoms with Crippen LogP contribution in [0.3, 0.4) is 0 Å². The Morgan fingerprint density at radius 2 is 1.94 bits per heavy atom. The molecule has 90 valence electrons. The summed E-state index contributed by atoms with van der Waals surface area (Å²) in [5.41, 5.74) is 6.83. The largest absolute Gasteiger partial charge is 0.383 e. The lowest BCUT2D eigenvalue weighted by Crippen LogP contribution is -2.15. The second kappa shape index (κ2) is 6.30. The Labute approximate surface area is 97.7 Å². The molecule has 4 heteroatoms. The Kier molecular flexibility index (Phi) is 5.02. The summed E-state index contributed by atoms with van der Waals surface area (Å²) in [6.45, 7) is 7.45. The first-order valence-corrected chi connectivity index (χ1v) is 6.06. The summed E-state index contributed by atoms with van der Waals surface area (Å²) < 4.78 is 0. The standard InChI is InChI=1S/C12H22N4/c1-4-9(5-2)7-14-12-10(6-3)11(13)15-8-16-12/h8-9H,4-7H2,1-3H3,(H3,13,14,15,16). The fourth-order valence-corrected chi connectivity index (χ4v) is 1.75. The zero-order chi connectivity index (χ0) is 12.0. The van der Waals surface area contributed by atoms with E-state index >= 15 is 0 Å². The molecule has 16 heavy (non-hydrogen) atoms. The van der Waals surface area contributed by atoms with E-state index in [1.807, 2.05) is 0 Å². The van der Waals surface area contributed by atoms with Gasteiger partial charge in [-0.25, -0.2) is 9.97 Å². The summed E-state index contributed by atoms with van der Waals surface area (Å²) in [4.78, 5) is 8.25. The van der Waals surface area contributed by atoms with Gasteiger partial charge in [0.2, 0.25) is 0 Å². The van der Waals surface area contributed by atoms with Gasteiger partial charge in [-0.2, -0.15) is 0 Å². The van der Waals surface area contributed by atoms with Gasteiger partial charge in [-0.3, -0.25) is 0 Å². The highest BCUT2D eigenvalue weighted by atomic mass is 15.0. The van der Waals surface area contributed by atoms with Crippen molar-refractivity contribution >= 4 is 11.6 Å². The van der Waals surface area contributed by atoms with E-state index in [1.54, 1.807) is 0 Å². The van der Waals surface area contributed by atoms with E-state index in [-0.39, 0.29) is 0 Å². The molecule has 0 spiro atoms. The maximum atomic E-state index is 5.81. The minimum atomic E-state index is 0.588. The van der Waals surface area contributed by atoms with Crippen LogP contribution >= 0.6 is 0 Å². The highest BCUT2D eigenvalue weighted by Crippen LogP contribution is 2.18. The van der Waals surface area contributed by atoms with Crippen LogP contribution in [-0.2, 0) is 6.42 Å². The fourth-order valence-electron chi connectivity index (χ4n) is 1.75. The van der Waals surface area contributed by atoms with Crippen molar-refractivity contribution in [3.8, 4) is 0 Å². The van der Waals surface area contributed by atoms with Crippen molar-refractivity contribution in [2.24, 2.45) is 5.92 Å². The van der Waals surface area contributed by atoms with E-state index in [9.17, 15) is 0 Å². The molecule has 0 fully saturated rings. The Hall–Kier alpha value is -1.32. The summed E-state index contributed by atoms with van der Waals surface area (Å²) >= 11 is 0. The minimum absolute atomic E-state index is 0.588. The van der Waals surface area contributed by atoms with Crippen LogP contribution < -0.4 is 11.1 Å². The molecule has 0 aliphatic rings. The maximum absolute atomic E-state index is 5.81. The zero-order valence-corrected chi connectivity index (χ0v) is 10.5. The number of nitrogens with one attached hydrogen (secondary N) is 1. The van der Waals surface area contributed by atoms with Crippen LogP contribution in [0.25, 0.3) is 0 Å². The summed E-state index contributed by atoms with van der Waals surface area (Å²) in [5.74, 6) is 2.17. The van der Waals surface area contributed by atoms with E-state index in [4.69, 9.17) is 5.73 Å². The van der Waals surface area contributed by atoms with Crippen LogP contribution in [0.1, 0.15) is 39.2 Å². The number of aromatic nitrogens is 2. The summed E-state index contributed by atoms with van der Waals surface area (Å²) in [6.07, 6.45) is 4.75. The molecule has 3 N–H and O–H groups in total. The van der Waals surface area contributed by atoms with E-state index in [0.29, 0.717) is 11.7 Å². The first-order chi connectivity index (χ1) is 7.72. The van der Waals surface area contributed by atoms with Gasteiger partial charge in [0.15, 0.2) is 0 Å².